The van der Waals surface area contributed by atoms with E-state index in [9.17, 15) is 0 Å². The van der Waals surface area contributed by atoms with E-state index in [-0.39, 0.29) is 0 Å². The fraction of sp³-hybridized carbons (Fsp3) is 1.00. The topological polar surface area (TPSA) is 47.3 Å². The Kier molecular flexibility index (Phi) is 1.62. The van der Waals surface area contributed by atoms with E-state index < -0.39 is 0 Å². The third-order valence-corrected chi connectivity index (χ3v) is 1.17. The van der Waals surface area contributed by atoms with Crippen LogP contribution in [0.3, 0.4) is 0 Å². The van der Waals surface area contributed by atoms with Crippen molar-refractivity contribution in [2.75, 3.05) is 13.2 Å². The predicted octanol–water partition coefficient (Wildman–Crippen LogP) is -0.761. The minimum atomic E-state index is 0.403. The van der Waals surface area contributed by atoms with Crippen molar-refractivity contribution in [1.82, 2.24) is 5.43 Å². The molecule has 7 heavy (non-hydrogen) atoms. The van der Waals surface area contributed by atoms with E-state index in [1.165, 1.54) is 0 Å². The van der Waals surface area contributed by atoms with Crippen molar-refractivity contribution in [3.63, 3.8) is 0 Å². The number of nitrogens with one attached hydrogen (secondary N) is 1. The summed E-state index contributed by atoms with van der Waals surface area (Å²) < 4.78 is 5.01. The number of rotatable bonds is 1. The summed E-state index contributed by atoms with van der Waals surface area (Å²) in [6, 6.07) is 0.403. The molecule has 3 N–H and O–H groups in total. The van der Waals surface area contributed by atoms with Gasteiger partial charge in [0.1, 0.15) is 0 Å². The van der Waals surface area contributed by atoms with Crippen LogP contribution in [-0.2, 0) is 4.74 Å². The molecular weight excluding hydrogens is 92.1 g/mol. The number of hydrogen-bond acceptors (Lipinski definition) is 3. The summed E-state index contributed by atoms with van der Waals surface area (Å²) in [5.74, 6) is 5.10. The number of ether oxygens (including phenoxy) is 1. The van der Waals surface area contributed by atoms with Crippen LogP contribution in [0.15, 0.2) is 0 Å². The van der Waals surface area contributed by atoms with Gasteiger partial charge in [0.15, 0.2) is 0 Å². The van der Waals surface area contributed by atoms with Gasteiger partial charge in [-0.1, -0.05) is 0 Å². The Balaban J connectivity index is 2.14. The maximum atomic E-state index is 5.10. The summed E-state index contributed by atoms with van der Waals surface area (Å²) in [6.45, 7) is 1.63. The van der Waals surface area contributed by atoms with Gasteiger partial charge in [-0.2, -0.15) is 0 Å². The van der Waals surface area contributed by atoms with Gasteiger partial charge in [0.25, 0.3) is 0 Å². The summed E-state index contributed by atoms with van der Waals surface area (Å²) >= 11 is 0. The number of nitrogens with two attached hydrogens (primary N) is 1. The Morgan fingerprint density at radius 2 is 2.57 bits per heavy atom. The van der Waals surface area contributed by atoms with Crippen molar-refractivity contribution in [3.05, 3.63) is 0 Å². The first-order chi connectivity index (χ1) is 3.43. The summed E-state index contributed by atoms with van der Waals surface area (Å²) in [6.07, 6.45) is 1.05. The highest BCUT2D eigenvalue weighted by Crippen LogP contribution is 2.00. The van der Waals surface area contributed by atoms with Crippen molar-refractivity contribution < 1.29 is 4.74 Å². The van der Waals surface area contributed by atoms with Gasteiger partial charge in [-0.25, -0.2) is 0 Å². The first-order valence-corrected chi connectivity index (χ1v) is 2.47. The van der Waals surface area contributed by atoms with Crippen LogP contribution in [0.4, 0.5) is 0 Å². The number of hydrazine groups is 1. The van der Waals surface area contributed by atoms with Crippen LogP contribution in [-0.4, -0.2) is 19.3 Å². The average Bonchev–Trinajstić information content (AvgIpc) is 2.14. The van der Waals surface area contributed by atoms with Gasteiger partial charge in [0.05, 0.1) is 6.61 Å². The summed E-state index contributed by atoms with van der Waals surface area (Å²) in [5.41, 5.74) is 2.64. The lowest BCUT2D eigenvalue weighted by Gasteiger charge is -2.00. The predicted molar refractivity (Wildman–Crippen MR) is 26.5 cm³/mol. The molecular formula is C4H10N2O. The highest BCUT2D eigenvalue weighted by molar-refractivity contribution is 4.66. The Hall–Kier alpha value is -0.120. The van der Waals surface area contributed by atoms with E-state index in [4.69, 9.17) is 10.6 Å². The smallest absolute Gasteiger partial charge is 0.0633 e. The van der Waals surface area contributed by atoms with E-state index in [2.05, 4.69) is 5.43 Å². The van der Waals surface area contributed by atoms with Crippen LogP contribution in [0.1, 0.15) is 6.42 Å². The van der Waals surface area contributed by atoms with Crippen molar-refractivity contribution in [2.24, 2.45) is 5.84 Å². The van der Waals surface area contributed by atoms with Gasteiger partial charge in [-0.15, -0.1) is 0 Å². The minimum Gasteiger partial charge on any atom is -0.380 e. The normalized spacial score (nSPS) is 31.3. The van der Waals surface area contributed by atoms with E-state index in [1.54, 1.807) is 0 Å². The first-order valence-electron chi connectivity index (χ1n) is 2.47. The number of hydrogen-bond donors (Lipinski definition) is 2. The van der Waals surface area contributed by atoms with E-state index >= 15 is 0 Å². The van der Waals surface area contributed by atoms with Crippen molar-refractivity contribution in [2.45, 2.75) is 12.5 Å². The third-order valence-electron chi connectivity index (χ3n) is 1.17. The molecule has 0 aliphatic carbocycles. The largest absolute Gasteiger partial charge is 0.380 e. The Morgan fingerprint density at radius 1 is 1.71 bits per heavy atom. The standard InChI is InChI=1S/C4H10N2O/c5-6-4-1-2-7-3-4/h4,6H,1-3,5H2/t4-/m1/s1. The Labute approximate surface area is 42.8 Å². The lowest BCUT2D eigenvalue weighted by atomic mass is 10.3. The molecule has 1 atom stereocenters. The molecule has 0 saturated carbocycles. The SMILES string of the molecule is NN[C@@H]1CCOC1. The molecule has 1 aliphatic rings. The lowest BCUT2D eigenvalue weighted by molar-refractivity contribution is 0.190. The maximum Gasteiger partial charge on any atom is 0.0633 e. The lowest BCUT2D eigenvalue weighted by Crippen LogP contribution is -2.34. The van der Waals surface area contributed by atoms with Gasteiger partial charge in [-0.05, 0) is 6.42 Å². The van der Waals surface area contributed by atoms with Crippen molar-refractivity contribution in [3.8, 4) is 0 Å². The van der Waals surface area contributed by atoms with Crippen LogP contribution in [0, 0.1) is 0 Å². The molecule has 1 heterocycles. The van der Waals surface area contributed by atoms with Crippen molar-refractivity contribution in [1.29, 1.82) is 0 Å². The van der Waals surface area contributed by atoms with Crippen LogP contribution in [0.5, 0.6) is 0 Å². The van der Waals surface area contributed by atoms with Crippen molar-refractivity contribution >= 4 is 0 Å². The van der Waals surface area contributed by atoms with Crippen LogP contribution < -0.4 is 11.3 Å². The molecule has 0 aromatic rings. The van der Waals surface area contributed by atoms with E-state index in [1.807, 2.05) is 0 Å². The van der Waals surface area contributed by atoms with Gasteiger partial charge < -0.3 is 4.74 Å². The van der Waals surface area contributed by atoms with Gasteiger partial charge in [0.2, 0.25) is 0 Å². The molecule has 0 radical (unpaired) electrons. The molecule has 0 bridgehead atoms. The second-order valence-electron chi connectivity index (χ2n) is 1.73. The molecule has 0 spiro atoms. The summed E-state index contributed by atoms with van der Waals surface area (Å²) in [4.78, 5) is 0. The maximum absolute atomic E-state index is 5.10. The van der Waals surface area contributed by atoms with Gasteiger partial charge in [-0.3, -0.25) is 11.3 Å². The molecule has 0 unspecified atom stereocenters. The first kappa shape index (κ1) is 5.03. The molecule has 42 valence electrons. The Bertz CT molecular complexity index is 51.7. The second kappa shape index (κ2) is 2.26. The molecule has 1 fully saturated rings. The van der Waals surface area contributed by atoms with E-state index in [0.717, 1.165) is 19.6 Å². The quantitative estimate of drug-likeness (QED) is 0.338. The fourth-order valence-corrected chi connectivity index (χ4v) is 0.666. The zero-order valence-corrected chi connectivity index (χ0v) is 4.18. The molecule has 0 aromatic heterocycles. The minimum absolute atomic E-state index is 0.403. The third kappa shape index (κ3) is 1.12. The highest BCUT2D eigenvalue weighted by atomic mass is 16.5. The summed E-state index contributed by atoms with van der Waals surface area (Å²) in [5, 5.41) is 0. The molecule has 0 amide bonds. The monoisotopic (exact) mass is 102 g/mol. The zero-order chi connectivity index (χ0) is 5.11. The zero-order valence-electron chi connectivity index (χ0n) is 4.18. The van der Waals surface area contributed by atoms with E-state index in [0.29, 0.717) is 6.04 Å². The molecule has 1 saturated heterocycles. The molecule has 3 heteroatoms. The average molecular weight is 102 g/mol. The van der Waals surface area contributed by atoms with Gasteiger partial charge in [0, 0.05) is 12.6 Å². The van der Waals surface area contributed by atoms with Crippen LogP contribution >= 0.6 is 0 Å². The molecule has 1 aliphatic heterocycles. The Morgan fingerprint density at radius 3 is 2.86 bits per heavy atom. The van der Waals surface area contributed by atoms with Gasteiger partial charge >= 0.3 is 0 Å². The summed E-state index contributed by atoms with van der Waals surface area (Å²) in [7, 11) is 0. The molecule has 1 rings (SSSR count). The second-order valence-corrected chi connectivity index (χ2v) is 1.73. The van der Waals surface area contributed by atoms with Crippen LogP contribution in [0.2, 0.25) is 0 Å². The molecule has 0 aromatic carbocycles. The van der Waals surface area contributed by atoms with Crippen LogP contribution in [0.25, 0.3) is 0 Å². The highest BCUT2D eigenvalue weighted by Gasteiger charge is 2.11. The molecule has 3 nitrogen and oxygen atoms in total. The fourth-order valence-electron chi connectivity index (χ4n) is 0.666.